The van der Waals surface area contributed by atoms with Crippen LogP contribution >= 0.6 is 22.6 Å². The first-order valence-corrected chi connectivity index (χ1v) is 28.2. The molecular formula is C57H74IN7O13. The molecule has 2 aromatic carbocycles. The van der Waals surface area contributed by atoms with Crippen molar-refractivity contribution in [3.05, 3.63) is 58.0 Å². The first-order valence-electron chi connectivity index (χ1n) is 26.9. The molecule has 0 aromatic heterocycles. The number of alkyl halides is 1. The van der Waals surface area contributed by atoms with E-state index >= 15 is 4.79 Å². The van der Waals surface area contributed by atoms with Crippen molar-refractivity contribution in [2.75, 3.05) is 71.8 Å². The number of carbonyl (C=O) groups excluding carboxylic acids is 5. The predicted octanol–water partition coefficient (Wildman–Crippen LogP) is 3.67. The van der Waals surface area contributed by atoms with E-state index in [2.05, 4.69) is 50.6 Å². The Bertz CT molecular complexity index is 2980. The van der Waals surface area contributed by atoms with Crippen LogP contribution in [0.5, 0.6) is 17.2 Å². The summed E-state index contributed by atoms with van der Waals surface area (Å²) < 4.78 is 24.9. The highest BCUT2D eigenvalue weighted by molar-refractivity contribution is 14.1. The smallest absolute Gasteiger partial charge is 0.383 e. The average Bonchev–Trinajstić information content (AvgIpc) is 4.17. The number of nitrogens with one attached hydrogen (secondary N) is 1. The highest BCUT2D eigenvalue weighted by Crippen LogP contribution is 2.50. The quantitative estimate of drug-likeness (QED) is 0.0663. The largest absolute Gasteiger partial charge is 0.507 e. The van der Waals surface area contributed by atoms with Crippen LogP contribution in [0.4, 0.5) is 5.69 Å². The number of aliphatic hydroxyl groups excluding tert-OH is 2. The summed E-state index contributed by atoms with van der Waals surface area (Å²) in [5.74, 6) is -6.97. The second-order valence-electron chi connectivity index (χ2n) is 22.1. The number of rotatable bonds is 7. The lowest BCUT2D eigenvalue weighted by molar-refractivity contribution is -0.165. The first kappa shape index (κ1) is 58.5. The lowest BCUT2D eigenvalue weighted by atomic mass is 9.78. The van der Waals surface area contributed by atoms with Crippen LogP contribution in [0.15, 0.2) is 46.1 Å². The van der Waals surface area contributed by atoms with Gasteiger partial charge in [0, 0.05) is 123 Å². The number of esters is 1. The van der Waals surface area contributed by atoms with Gasteiger partial charge in [-0.2, -0.15) is 0 Å². The molecule has 3 saturated heterocycles. The predicted molar refractivity (Wildman–Crippen MR) is 297 cm³/mol. The number of allylic oxidation sites excluding steroid dienone is 2. The number of aliphatic hydroxyl groups is 2. The molecule has 0 radical (unpaired) electrons. The Morgan fingerprint density at radius 1 is 0.936 bits per heavy atom. The molecule has 422 valence electrons. The van der Waals surface area contributed by atoms with Gasteiger partial charge in [-0.1, -0.05) is 75.4 Å². The molecule has 78 heavy (non-hydrogen) atoms. The van der Waals surface area contributed by atoms with E-state index in [0.29, 0.717) is 68.9 Å². The zero-order valence-corrected chi connectivity index (χ0v) is 48.1. The summed E-state index contributed by atoms with van der Waals surface area (Å²) in [7, 11) is 3.19. The number of likely N-dealkylation sites (N-methyl/N-ethyl adjacent to an activating group) is 1. The van der Waals surface area contributed by atoms with E-state index in [1.807, 2.05) is 0 Å². The summed E-state index contributed by atoms with van der Waals surface area (Å²) >= 11 is 2.38. The maximum atomic E-state index is 15.1. The van der Waals surface area contributed by atoms with Crippen LogP contribution in [-0.2, 0) is 33.4 Å². The van der Waals surface area contributed by atoms with Gasteiger partial charge in [-0.3, -0.25) is 38.9 Å². The van der Waals surface area contributed by atoms with Gasteiger partial charge in [0.25, 0.3) is 11.7 Å². The molecule has 2 aromatic rings. The topological polar surface area (TPSA) is 253 Å². The van der Waals surface area contributed by atoms with Crippen molar-refractivity contribution in [1.82, 2.24) is 19.6 Å². The number of carbonyl (C=O) groups is 5. The SMILES string of the molecule is C#C[C@@]12O/C=C/[C@H](OC)[C@@H](C)[C@@H](OC(=O)CC(=O)N3CCC(N4CCN(C)C(=O)C4)CC3)[C@H](C)[C@H](O)[C@H](C)[C@@H](O)[C@@H](C)/C=C/C=C(/C)C(=O)Nc3c(O)c4c(O)c(C)c(c(c4c4c3=NC3(CCN(CC(C)I)CC3)N=4)C1=O)O2. The number of methoxy groups -OCH3 is 1. The summed E-state index contributed by atoms with van der Waals surface area (Å²) in [6, 6.07) is 0.129. The van der Waals surface area contributed by atoms with Crippen molar-refractivity contribution in [1.29, 1.82) is 0 Å². The number of amides is 3. The monoisotopic (exact) mass is 1190 g/mol. The summed E-state index contributed by atoms with van der Waals surface area (Å²) in [4.78, 5) is 87.3. The number of ketones is 1. The average molecular weight is 1190 g/mol. The van der Waals surface area contributed by atoms with Crippen molar-refractivity contribution in [3.8, 4) is 29.6 Å². The number of fused-ring (bicyclic) bond motifs is 13. The number of likely N-dealkylation sites (tertiary alicyclic amines) is 2. The highest BCUT2D eigenvalue weighted by atomic mass is 127. The van der Waals surface area contributed by atoms with E-state index in [0.717, 1.165) is 19.4 Å². The molecule has 1 unspecified atom stereocenters. The molecule has 7 heterocycles. The number of halogens is 1. The van der Waals surface area contributed by atoms with Crippen molar-refractivity contribution >= 4 is 68.5 Å². The van der Waals surface area contributed by atoms with Crippen molar-refractivity contribution in [2.24, 2.45) is 33.7 Å². The summed E-state index contributed by atoms with van der Waals surface area (Å²) in [6.45, 7) is 16.6. The fraction of sp³-hybridized carbons (Fsp3) is 0.596. The first-order chi connectivity index (χ1) is 36.9. The number of aromatic hydroxyl groups is 2. The van der Waals surface area contributed by atoms with E-state index in [4.69, 9.17) is 35.4 Å². The number of phenolic OH excluding ortho intramolecular Hbond substituents is 2. The van der Waals surface area contributed by atoms with Crippen LogP contribution < -0.4 is 20.8 Å². The third kappa shape index (κ3) is 11.4. The van der Waals surface area contributed by atoms with Crippen LogP contribution in [0, 0.1) is 42.9 Å². The third-order valence-electron chi connectivity index (χ3n) is 16.8. The van der Waals surface area contributed by atoms with Crippen molar-refractivity contribution in [3.63, 3.8) is 0 Å². The zero-order chi connectivity index (χ0) is 56.7. The van der Waals surface area contributed by atoms with Gasteiger partial charge < -0.3 is 59.4 Å². The third-order valence-corrected chi connectivity index (χ3v) is 17.2. The summed E-state index contributed by atoms with van der Waals surface area (Å²) in [5.41, 5.74) is -1.04. The standard InChI is InChI=1S/C57H74IN7O13/c1-11-57-54(73)44-42-43(50(71)36(8)53(44)78-57)51(72)47(46-45(42)60-56(61-46)18-22-63(23-19-56)28-32(4)58)59-55(74)31(3)14-12-13-30(2)48(69)34(6)49(70)35(7)52(33(5)38(75-10)17-26-76-57)77-41(68)27-39(66)64-20-15-37(16-21-64)65-25-24-62(9)40(67)29-65/h1,12-14,17,26,30,32-35,37-38,48-49,52,69-72H,15-16,18-25,27-29H2,2-10H3,(H,59,74)/b13-12+,26-17+,31-14-/t30-,32?,33+,34+,35+,38-,48-,49+,52+,57-/m0/s1. The van der Waals surface area contributed by atoms with Crippen LogP contribution in [-0.4, -0.2) is 182 Å². The van der Waals surface area contributed by atoms with Gasteiger partial charge in [0.05, 0.1) is 47.4 Å². The van der Waals surface area contributed by atoms with Gasteiger partial charge in [0.2, 0.25) is 11.8 Å². The Kier molecular flexibility index (Phi) is 17.7. The number of phenols is 2. The number of benzene rings is 2. The zero-order valence-electron chi connectivity index (χ0n) is 46.0. The molecule has 7 aliphatic rings. The second kappa shape index (κ2) is 23.6. The summed E-state index contributed by atoms with van der Waals surface area (Å²) in [6.07, 6.45) is 10.7. The van der Waals surface area contributed by atoms with Crippen LogP contribution in [0.3, 0.4) is 0 Å². The Morgan fingerprint density at radius 3 is 2.26 bits per heavy atom. The minimum absolute atomic E-state index is 0.00979. The van der Waals surface area contributed by atoms with E-state index in [9.17, 15) is 39.6 Å². The number of terminal acetylenes is 1. The van der Waals surface area contributed by atoms with Gasteiger partial charge in [0.15, 0.2) is 11.4 Å². The Morgan fingerprint density at radius 2 is 1.62 bits per heavy atom. The molecule has 9 rings (SSSR count). The van der Waals surface area contributed by atoms with Gasteiger partial charge in [0.1, 0.15) is 35.1 Å². The Hall–Kier alpha value is -5.64. The van der Waals surface area contributed by atoms with Gasteiger partial charge in [-0.15, -0.1) is 6.42 Å². The van der Waals surface area contributed by atoms with Crippen molar-refractivity contribution in [2.45, 2.75) is 126 Å². The Balaban J connectivity index is 1.14. The number of anilines is 1. The second-order valence-corrected chi connectivity index (χ2v) is 24.2. The van der Waals surface area contributed by atoms with Gasteiger partial charge in [-0.05, 0) is 38.7 Å². The molecule has 20 nitrogen and oxygen atoms in total. The number of hydrogen-bond donors (Lipinski definition) is 5. The lowest BCUT2D eigenvalue weighted by Gasteiger charge is -2.41. The number of piperidine rings is 2. The maximum Gasteiger partial charge on any atom is 0.383 e. The number of hydrogen-bond acceptors (Lipinski definition) is 17. The van der Waals surface area contributed by atoms with Gasteiger partial charge >= 0.3 is 11.8 Å². The van der Waals surface area contributed by atoms with Crippen LogP contribution in [0.1, 0.15) is 89.6 Å². The molecule has 5 bridgehead atoms. The molecule has 10 atom stereocenters. The molecule has 0 saturated carbocycles. The summed E-state index contributed by atoms with van der Waals surface area (Å²) in [5, 5.41) is 50.9. The Labute approximate surface area is 468 Å². The van der Waals surface area contributed by atoms with Crippen LogP contribution in [0.2, 0.25) is 0 Å². The molecular weight excluding hydrogens is 1120 g/mol. The lowest BCUT2D eigenvalue weighted by Crippen LogP contribution is -2.55. The van der Waals surface area contributed by atoms with E-state index < -0.39 is 101 Å². The van der Waals surface area contributed by atoms with Crippen LogP contribution in [0.25, 0.3) is 10.8 Å². The minimum atomic E-state index is -2.46. The molecule has 0 aliphatic carbocycles. The molecule has 3 amide bonds. The molecule has 21 heteroatoms. The maximum absolute atomic E-state index is 15.1. The number of ether oxygens (including phenoxy) is 4. The fourth-order valence-corrected chi connectivity index (χ4v) is 12.4. The normalized spacial score (nSPS) is 31.3. The van der Waals surface area contributed by atoms with E-state index in [1.165, 1.54) is 26.2 Å². The van der Waals surface area contributed by atoms with E-state index in [1.54, 1.807) is 63.6 Å². The number of piperazine rings is 1. The molecule has 7 aliphatic heterocycles. The fourth-order valence-electron chi connectivity index (χ4n) is 11.8. The molecule has 5 N–H and O–H groups in total. The van der Waals surface area contributed by atoms with E-state index in [-0.39, 0.29) is 61.6 Å². The molecule has 1 spiro atoms. The van der Waals surface area contributed by atoms with Crippen molar-refractivity contribution < 1.29 is 63.3 Å². The van der Waals surface area contributed by atoms with Gasteiger partial charge in [-0.25, -0.2) is 0 Å². The number of Topliss-reactive ketones (excluding diaryl/α,β-unsaturated/α-hetero) is 1. The number of nitrogens with zero attached hydrogens (tertiary/aromatic N) is 6. The minimum Gasteiger partial charge on any atom is -0.507 e. The highest BCUT2D eigenvalue weighted by Gasteiger charge is 2.53. The molecule has 3 fully saturated rings.